The van der Waals surface area contributed by atoms with Crippen LogP contribution in [0.3, 0.4) is 0 Å². The summed E-state index contributed by atoms with van der Waals surface area (Å²) in [6.45, 7) is 1.76. The standard InChI is InChI=1S/C15H12F2N4O/c1-8-6-10(22)3-5-13(8)21-15(18)14(19-20-21)11-7-9(16)2-4-12(11)17/h2-7,22H,18H2,1H3. The van der Waals surface area contributed by atoms with Gasteiger partial charge in [-0.05, 0) is 48.9 Å². The van der Waals surface area contributed by atoms with Gasteiger partial charge < -0.3 is 10.8 Å². The largest absolute Gasteiger partial charge is 0.508 e. The average molecular weight is 302 g/mol. The third kappa shape index (κ3) is 2.26. The molecule has 112 valence electrons. The maximum absolute atomic E-state index is 13.8. The molecule has 0 saturated heterocycles. The van der Waals surface area contributed by atoms with Crippen LogP contribution in [0.1, 0.15) is 5.56 Å². The molecule has 3 N–H and O–H groups in total. The molecular weight excluding hydrogens is 290 g/mol. The number of aryl methyl sites for hydroxylation is 1. The van der Waals surface area contributed by atoms with Crippen molar-refractivity contribution in [2.75, 3.05) is 5.73 Å². The van der Waals surface area contributed by atoms with E-state index in [1.807, 2.05) is 0 Å². The lowest BCUT2D eigenvalue weighted by atomic mass is 10.1. The maximum atomic E-state index is 13.8. The van der Waals surface area contributed by atoms with E-state index in [9.17, 15) is 13.9 Å². The number of phenols is 1. The second kappa shape index (κ2) is 5.10. The number of nitrogen functional groups attached to an aromatic ring is 1. The number of rotatable bonds is 2. The fraction of sp³-hybridized carbons (Fsp3) is 0.0667. The average Bonchev–Trinajstić information content (AvgIpc) is 2.83. The highest BCUT2D eigenvalue weighted by Gasteiger charge is 2.18. The first kappa shape index (κ1) is 14.0. The van der Waals surface area contributed by atoms with Crippen LogP contribution in [0.2, 0.25) is 0 Å². The van der Waals surface area contributed by atoms with Gasteiger partial charge in [-0.2, -0.15) is 4.68 Å². The highest BCUT2D eigenvalue weighted by molar-refractivity contribution is 5.71. The Morgan fingerprint density at radius 3 is 2.64 bits per heavy atom. The number of nitrogens with zero attached hydrogens (tertiary/aromatic N) is 3. The Bertz CT molecular complexity index is 861. The zero-order valence-electron chi connectivity index (χ0n) is 11.6. The molecule has 0 radical (unpaired) electrons. The van der Waals surface area contributed by atoms with Crippen LogP contribution in [0, 0.1) is 18.6 Å². The van der Waals surface area contributed by atoms with Crippen molar-refractivity contribution >= 4 is 5.82 Å². The molecule has 22 heavy (non-hydrogen) atoms. The Morgan fingerprint density at radius 2 is 1.91 bits per heavy atom. The van der Waals surface area contributed by atoms with Crippen LogP contribution < -0.4 is 5.73 Å². The van der Waals surface area contributed by atoms with E-state index < -0.39 is 11.6 Å². The number of aromatic nitrogens is 3. The van der Waals surface area contributed by atoms with E-state index >= 15 is 0 Å². The topological polar surface area (TPSA) is 77.0 Å². The molecule has 0 bridgehead atoms. The molecule has 0 spiro atoms. The van der Waals surface area contributed by atoms with Gasteiger partial charge in [-0.25, -0.2) is 8.78 Å². The number of hydrogen-bond acceptors (Lipinski definition) is 4. The first-order valence-corrected chi connectivity index (χ1v) is 6.44. The normalized spacial score (nSPS) is 10.9. The summed E-state index contributed by atoms with van der Waals surface area (Å²) in [7, 11) is 0. The van der Waals surface area contributed by atoms with Crippen molar-refractivity contribution in [1.82, 2.24) is 15.0 Å². The van der Waals surface area contributed by atoms with Crippen molar-refractivity contribution in [2.45, 2.75) is 6.92 Å². The smallest absolute Gasteiger partial charge is 0.156 e. The number of phenolic OH excluding ortho intramolecular Hbond substituents is 1. The molecule has 0 aliphatic rings. The molecule has 0 fully saturated rings. The van der Waals surface area contributed by atoms with Crippen molar-refractivity contribution in [3.63, 3.8) is 0 Å². The van der Waals surface area contributed by atoms with Gasteiger partial charge in [-0.3, -0.25) is 0 Å². The Hall–Kier alpha value is -2.96. The number of anilines is 1. The van der Waals surface area contributed by atoms with Crippen LogP contribution in [0.25, 0.3) is 16.9 Å². The summed E-state index contributed by atoms with van der Waals surface area (Å²) >= 11 is 0. The quantitative estimate of drug-likeness (QED) is 0.763. The maximum Gasteiger partial charge on any atom is 0.156 e. The van der Waals surface area contributed by atoms with Gasteiger partial charge in [-0.1, -0.05) is 5.21 Å². The first-order valence-electron chi connectivity index (χ1n) is 6.44. The Labute approximate surface area is 124 Å². The number of benzene rings is 2. The number of hydrogen-bond donors (Lipinski definition) is 2. The van der Waals surface area contributed by atoms with Crippen LogP contribution in [0.15, 0.2) is 36.4 Å². The molecule has 7 heteroatoms. The fourth-order valence-electron chi connectivity index (χ4n) is 2.22. The molecule has 0 amide bonds. The van der Waals surface area contributed by atoms with Crippen LogP contribution in [-0.2, 0) is 0 Å². The van der Waals surface area contributed by atoms with E-state index in [1.54, 1.807) is 19.1 Å². The molecule has 3 aromatic rings. The Kier molecular flexibility index (Phi) is 3.25. The number of halogens is 2. The summed E-state index contributed by atoms with van der Waals surface area (Å²) < 4.78 is 28.5. The second-order valence-corrected chi connectivity index (χ2v) is 4.83. The van der Waals surface area contributed by atoms with E-state index in [1.165, 1.54) is 10.7 Å². The summed E-state index contributed by atoms with van der Waals surface area (Å²) in [6.07, 6.45) is 0. The summed E-state index contributed by atoms with van der Waals surface area (Å²) in [5.41, 5.74) is 7.28. The molecule has 3 rings (SSSR count). The minimum absolute atomic E-state index is 0.0554. The van der Waals surface area contributed by atoms with Crippen molar-refractivity contribution < 1.29 is 13.9 Å². The lowest BCUT2D eigenvalue weighted by molar-refractivity contribution is 0.474. The van der Waals surface area contributed by atoms with Crippen LogP contribution >= 0.6 is 0 Å². The predicted octanol–water partition coefficient (Wildman–Crippen LogP) is 2.81. The zero-order valence-corrected chi connectivity index (χ0v) is 11.6. The molecule has 0 aliphatic carbocycles. The molecule has 5 nitrogen and oxygen atoms in total. The highest BCUT2D eigenvalue weighted by Crippen LogP contribution is 2.29. The molecule has 1 aromatic heterocycles. The summed E-state index contributed by atoms with van der Waals surface area (Å²) in [5, 5.41) is 17.2. The number of nitrogens with two attached hydrogens (primary N) is 1. The summed E-state index contributed by atoms with van der Waals surface area (Å²) in [5.74, 6) is -1.04. The molecule has 1 heterocycles. The molecule has 0 atom stereocenters. The van der Waals surface area contributed by atoms with E-state index in [-0.39, 0.29) is 22.8 Å². The first-order chi connectivity index (χ1) is 10.5. The highest BCUT2D eigenvalue weighted by atomic mass is 19.1. The van der Waals surface area contributed by atoms with Gasteiger partial charge in [-0.15, -0.1) is 5.10 Å². The molecule has 0 aliphatic heterocycles. The van der Waals surface area contributed by atoms with Gasteiger partial charge >= 0.3 is 0 Å². The van der Waals surface area contributed by atoms with E-state index in [2.05, 4.69) is 10.3 Å². The molecule has 0 unspecified atom stereocenters. The van der Waals surface area contributed by atoms with E-state index in [0.29, 0.717) is 11.3 Å². The lowest BCUT2D eigenvalue weighted by Gasteiger charge is -2.07. The summed E-state index contributed by atoms with van der Waals surface area (Å²) in [6, 6.07) is 7.68. The van der Waals surface area contributed by atoms with E-state index in [0.717, 1.165) is 18.2 Å². The van der Waals surface area contributed by atoms with Gasteiger partial charge in [0.25, 0.3) is 0 Å². The van der Waals surface area contributed by atoms with E-state index in [4.69, 9.17) is 5.73 Å². The van der Waals surface area contributed by atoms with Gasteiger partial charge in [0.15, 0.2) is 5.82 Å². The third-order valence-corrected chi connectivity index (χ3v) is 3.30. The Morgan fingerprint density at radius 1 is 1.14 bits per heavy atom. The third-order valence-electron chi connectivity index (χ3n) is 3.30. The minimum atomic E-state index is -0.637. The second-order valence-electron chi connectivity index (χ2n) is 4.83. The Balaban J connectivity index is 2.15. The number of aromatic hydroxyl groups is 1. The van der Waals surface area contributed by atoms with Gasteiger partial charge in [0.1, 0.15) is 23.1 Å². The van der Waals surface area contributed by atoms with Gasteiger partial charge in [0.05, 0.1) is 5.69 Å². The van der Waals surface area contributed by atoms with Crippen molar-refractivity contribution in [2.24, 2.45) is 0 Å². The SMILES string of the molecule is Cc1cc(O)ccc1-n1nnc(-c2cc(F)ccc2F)c1N. The predicted molar refractivity (Wildman–Crippen MR) is 77.5 cm³/mol. The molecule has 2 aromatic carbocycles. The van der Waals surface area contributed by atoms with Crippen LogP contribution in [-0.4, -0.2) is 20.1 Å². The van der Waals surface area contributed by atoms with Crippen molar-refractivity contribution in [1.29, 1.82) is 0 Å². The monoisotopic (exact) mass is 302 g/mol. The lowest BCUT2D eigenvalue weighted by Crippen LogP contribution is -2.04. The van der Waals surface area contributed by atoms with Crippen molar-refractivity contribution in [3.05, 3.63) is 53.6 Å². The zero-order chi connectivity index (χ0) is 15.9. The van der Waals surface area contributed by atoms with Crippen LogP contribution in [0.4, 0.5) is 14.6 Å². The van der Waals surface area contributed by atoms with Crippen LogP contribution in [0.5, 0.6) is 5.75 Å². The van der Waals surface area contributed by atoms with Gasteiger partial charge in [0.2, 0.25) is 0 Å². The molecule has 0 saturated carbocycles. The summed E-state index contributed by atoms with van der Waals surface area (Å²) in [4.78, 5) is 0. The van der Waals surface area contributed by atoms with Gasteiger partial charge in [0, 0.05) is 5.56 Å². The fourth-order valence-corrected chi connectivity index (χ4v) is 2.22. The van der Waals surface area contributed by atoms with Crippen molar-refractivity contribution in [3.8, 4) is 22.7 Å². The minimum Gasteiger partial charge on any atom is -0.508 e. The molecular formula is C15H12F2N4O.